The van der Waals surface area contributed by atoms with Gasteiger partial charge in [0.1, 0.15) is 0 Å². The molecule has 1 aliphatic heterocycles. The second-order valence-electron chi connectivity index (χ2n) is 7.15. The fourth-order valence-electron chi connectivity index (χ4n) is 4.14. The van der Waals surface area contributed by atoms with Crippen molar-refractivity contribution in [3.05, 3.63) is 82.6 Å². The van der Waals surface area contributed by atoms with Gasteiger partial charge in [-0.05, 0) is 35.4 Å². The van der Waals surface area contributed by atoms with Crippen molar-refractivity contribution >= 4 is 10.9 Å². The van der Waals surface area contributed by atoms with E-state index < -0.39 is 0 Å². The van der Waals surface area contributed by atoms with Crippen molar-refractivity contribution in [2.24, 2.45) is 5.92 Å². The number of para-hydroxylation sites is 1. The molecule has 2 unspecified atom stereocenters. The molecule has 0 saturated carbocycles. The molecule has 128 valence electrons. The van der Waals surface area contributed by atoms with Crippen LogP contribution in [0.5, 0.6) is 0 Å². The van der Waals surface area contributed by atoms with Gasteiger partial charge in [-0.3, -0.25) is 9.69 Å². The van der Waals surface area contributed by atoms with Gasteiger partial charge in [-0.2, -0.15) is 0 Å². The third-order valence-corrected chi connectivity index (χ3v) is 5.36. The lowest BCUT2D eigenvalue weighted by atomic mass is 9.92. The lowest BCUT2D eigenvalue weighted by molar-refractivity contribution is 0.127. The maximum atomic E-state index is 12.6. The number of benzene rings is 2. The van der Waals surface area contributed by atoms with E-state index >= 15 is 0 Å². The molecule has 0 spiro atoms. The maximum absolute atomic E-state index is 12.6. The number of hydrogen-bond acceptors (Lipinski definition) is 2. The fourth-order valence-corrected chi connectivity index (χ4v) is 4.14. The standard InChI is InChI=1S/C22H24N2O/c1-17-15-23(16-18-7-3-2-4-8-18)14-13-20(17)24-21-10-6-5-9-19(21)11-12-22(24)25/h2-12,17,20H,13-16H2,1H3. The Morgan fingerprint density at radius 2 is 1.72 bits per heavy atom. The van der Waals surface area contributed by atoms with Gasteiger partial charge in [0, 0.05) is 31.7 Å². The zero-order chi connectivity index (χ0) is 17.2. The van der Waals surface area contributed by atoms with Gasteiger partial charge in [0.05, 0.1) is 5.52 Å². The number of aromatic nitrogens is 1. The van der Waals surface area contributed by atoms with Gasteiger partial charge >= 0.3 is 0 Å². The summed E-state index contributed by atoms with van der Waals surface area (Å²) in [5.74, 6) is 0.445. The number of pyridine rings is 1. The summed E-state index contributed by atoms with van der Waals surface area (Å²) in [6.07, 6.45) is 1.02. The summed E-state index contributed by atoms with van der Waals surface area (Å²) in [5, 5.41) is 1.14. The van der Waals surface area contributed by atoms with Crippen LogP contribution < -0.4 is 5.56 Å². The van der Waals surface area contributed by atoms with Gasteiger partial charge in [0.15, 0.2) is 0 Å². The molecule has 4 rings (SSSR count). The summed E-state index contributed by atoms with van der Waals surface area (Å²) in [4.78, 5) is 15.1. The zero-order valence-corrected chi connectivity index (χ0v) is 14.6. The topological polar surface area (TPSA) is 25.2 Å². The minimum atomic E-state index is 0.118. The van der Waals surface area contributed by atoms with Crippen LogP contribution in [0, 0.1) is 5.92 Å². The maximum Gasteiger partial charge on any atom is 0.251 e. The molecule has 3 nitrogen and oxygen atoms in total. The van der Waals surface area contributed by atoms with Crippen molar-refractivity contribution in [1.82, 2.24) is 9.47 Å². The van der Waals surface area contributed by atoms with Crippen molar-refractivity contribution in [3.8, 4) is 0 Å². The van der Waals surface area contributed by atoms with Crippen molar-refractivity contribution in [2.75, 3.05) is 13.1 Å². The van der Waals surface area contributed by atoms with Gasteiger partial charge in [-0.1, -0.05) is 55.5 Å². The van der Waals surface area contributed by atoms with Gasteiger partial charge in [-0.25, -0.2) is 0 Å². The summed E-state index contributed by atoms with van der Waals surface area (Å²) in [5.41, 5.74) is 2.53. The highest BCUT2D eigenvalue weighted by Gasteiger charge is 2.28. The van der Waals surface area contributed by atoms with Crippen LogP contribution in [0.25, 0.3) is 10.9 Å². The van der Waals surface area contributed by atoms with Crippen molar-refractivity contribution in [3.63, 3.8) is 0 Å². The molecule has 2 atom stereocenters. The molecule has 0 amide bonds. The first-order valence-corrected chi connectivity index (χ1v) is 9.09. The van der Waals surface area contributed by atoms with Crippen molar-refractivity contribution < 1.29 is 0 Å². The average molecular weight is 332 g/mol. The number of nitrogens with zero attached hydrogens (tertiary/aromatic N) is 2. The summed E-state index contributed by atoms with van der Waals surface area (Å²) in [7, 11) is 0. The van der Waals surface area contributed by atoms with E-state index in [4.69, 9.17) is 0 Å². The predicted molar refractivity (Wildman–Crippen MR) is 103 cm³/mol. The van der Waals surface area contributed by atoms with Crippen LogP contribution in [0.3, 0.4) is 0 Å². The first-order valence-electron chi connectivity index (χ1n) is 9.09. The number of piperidine rings is 1. The van der Waals surface area contributed by atoms with E-state index in [0.717, 1.165) is 37.0 Å². The molecule has 2 heterocycles. The third-order valence-electron chi connectivity index (χ3n) is 5.36. The van der Waals surface area contributed by atoms with Crippen LogP contribution in [-0.4, -0.2) is 22.6 Å². The van der Waals surface area contributed by atoms with Gasteiger partial charge in [-0.15, -0.1) is 0 Å². The minimum Gasteiger partial charge on any atom is -0.305 e. The number of rotatable bonds is 3. The Bertz CT molecular complexity index is 916. The summed E-state index contributed by atoms with van der Waals surface area (Å²) in [6, 6.07) is 22.8. The first kappa shape index (κ1) is 16.1. The molecule has 2 aromatic carbocycles. The van der Waals surface area contributed by atoms with Crippen LogP contribution in [-0.2, 0) is 6.54 Å². The Morgan fingerprint density at radius 1 is 0.960 bits per heavy atom. The highest BCUT2D eigenvalue weighted by atomic mass is 16.1. The summed E-state index contributed by atoms with van der Waals surface area (Å²) < 4.78 is 2.03. The van der Waals surface area contributed by atoms with Gasteiger partial charge in [0.25, 0.3) is 5.56 Å². The molecule has 3 aromatic rings. The highest BCUT2D eigenvalue weighted by Crippen LogP contribution is 2.30. The molecule has 0 aliphatic carbocycles. The van der Waals surface area contributed by atoms with Crippen molar-refractivity contribution in [2.45, 2.75) is 25.9 Å². The minimum absolute atomic E-state index is 0.118. The van der Waals surface area contributed by atoms with Crippen LogP contribution in [0.15, 0.2) is 71.5 Å². The van der Waals surface area contributed by atoms with Crippen LogP contribution in [0.2, 0.25) is 0 Å². The molecule has 3 heteroatoms. The molecule has 1 fully saturated rings. The predicted octanol–water partition coefficient (Wildman–Crippen LogP) is 4.08. The number of hydrogen-bond donors (Lipinski definition) is 0. The van der Waals surface area contributed by atoms with Gasteiger partial charge < -0.3 is 4.57 Å². The second-order valence-corrected chi connectivity index (χ2v) is 7.15. The normalized spacial score (nSPS) is 21.5. The van der Waals surface area contributed by atoms with E-state index in [0.29, 0.717) is 5.92 Å². The van der Waals surface area contributed by atoms with E-state index in [2.05, 4.69) is 54.3 Å². The molecule has 1 aliphatic rings. The summed E-state index contributed by atoms with van der Waals surface area (Å²) >= 11 is 0. The van der Waals surface area contributed by atoms with Crippen LogP contribution in [0.1, 0.15) is 24.9 Å². The molecule has 0 N–H and O–H groups in total. The van der Waals surface area contributed by atoms with E-state index in [1.165, 1.54) is 5.56 Å². The van der Waals surface area contributed by atoms with E-state index in [1.54, 1.807) is 6.07 Å². The first-order chi connectivity index (χ1) is 12.2. The Morgan fingerprint density at radius 3 is 2.52 bits per heavy atom. The van der Waals surface area contributed by atoms with E-state index in [1.807, 2.05) is 22.8 Å². The van der Waals surface area contributed by atoms with E-state index in [9.17, 15) is 4.79 Å². The molecule has 0 bridgehead atoms. The molecule has 1 aromatic heterocycles. The number of fused-ring (bicyclic) bond motifs is 1. The Balaban J connectivity index is 1.58. The molecular weight excluding hydrogens is 308 g/mol. The quantitative estimate of drug-likeness (QED) is 0.722. The Labute approximate surface area is 148 Å². The number of likely N-dealkylation sites (tertiary alicyclic amines) is 1. The van der Waals surface area contributed by atoms with Crippen LogP contribution in [0.4, 0.5) is 0 Å². The molecule has 25 heavy (non-hydrogen) atoms. The second kappa shape index (κ2) is 6.85. The Hall–Kier alpha value is -2.39. The lowest BCUT2D eigenvalue weighted by Crippen LogP contribution is -2.42. The highest BCUT2D eigenvalue weighted by molar-refractivity contribution is 5.78. The van der Waals surface area contributed by atoms with E-state index in [-0.39, 0.29) is 11.6 Å². The summed E-state index contributed by atoms with van der Waals surface area (Å²) in [6.45, 7) is 5.31. The molecule has 1 saturated heterocycles. The van der Waals surface area contributed by atoms with Crippen LogP contribution >= 0.6 is 0 Å². The zero-order valence-electron chi connectivity index (χ0n) is 14.6. The largest absolute Gasteiger partial charge is 0.305 e. The smallest absolute Gasteiger partial charge is 0.251 e. The monoisotopic (exact) mass is 332 g/mol. The van der Waals surface area contributed by atoms with Crippen molar-refractivity contribution in [1.29, 1.82) is 0 Å². The molecular formula is C22H24N2O. The molecule has 0 radical (unpaired) electrons. The third kappa shape index (κ3) is 3.24. The SMILES string of the molecule is CC1CN(Cc2ccccc2)CCC1n1c(=O)ccc2ccccc21. The average Bonchev–Trinajstić information content (AvgIpc) is 2.64. The fraction of sp³-hybridized carbons (Fsp3) is 0.318. The lowest BCUT2D eigenvalue weighted by Gasteiger charge is -2.38. The van der Waals surface area contributed by atoms with Gasteiger partial charge in [0.2, 0.25) is 0 Å². The Kier molecular flexibility index (Phi) is 4.41.